The van der Waals surface area contributed by atoms with Crippen LogP contribution in [0, 0.1) is 6.92 Å². The standard InChI is InChI=1S/C19H20N6O3S/c1-14-4-10-17(11-5-14)29(27,28)25-12-2-3-18(25)19(26)21-15-6-8-16(9-7-15)24-13-20-22-23-24/h4-11,13,18H,2-3,12H2,1H3,(H,21,26)/t18-/m0/s1. The number of aromatic nitrogens is 4. The van der Waals surface area contributed by atoms with Crippen molar-refractivity contribution in [2.45, 2.75) is 30.7 Å². The van der Waals surface area contributed by atoms with Gasteiger partial charge in [0.25, 0.3) is 0 Å². The van der Waals surface area contributed by atoms with E-state index in [4.69, 9.17) is 0 Å². The Morgan fingerprint density at radius 3 is 2.48 bits per heavy atom. The fourth-order valence-corrected chi connectivity index (χ4v) is 4.99. The Balaban J connectivity index is 1.50. The van der Waals surface area contributed by atoms with Crippen LogP contribution in [-0.2, 0) is 14.8 Å². The van der Waals surface area contributed by atoms with Gasteiger partial charge in [-0.15, -0.1) is 5.10 Å². The van der Waals surface area contributed by atoms with Crippen molar-refractivity contribution < 1.29 is 13.2 Å². The molecule has 0 spiro atoms. The maximum Gasteiger partial charge on any atom is 0.243 e. The highest BCUT2D eigenvalue weighted by Gasteiger charge is 2.39. The molecule has 0 radical (unpaired) electrons. The maximum atomic E-state index is 13.0. The number of nitrogens with zero attached hydrogens (tertiary/aromatic N) is 5. The van der Waals surface area contributed by atoms with E-state index in [2.05, 4.69) is 20.8 Å². The van der Waals surface area contributed by atoms with Crippen molar-refractivity contribution in [1.82, 2.24) is 24.5 Å². The molecule has 0 bridgehead atoms. The number of anilines is 1. The lowest BCUT2D eigenvalue weighted by atomic mass is 10.2. The van der Waals surface area contributed by atoms with E-state index in [-0.39, 0.29) is 10.8 Å². The SMILES string of the molecule is Cc1ccc(S(=O)(=O)N2CCC[C@H]2C(=O)Nc2ccc(-n3cnnn3)cc2)cc1. The van der Waals surface area contributed by atoms with E-state index in [0.717, 1.165) is 11.3 Å². The normalized spacial score (nSPS) is 17.3. The molecule has 0 saturated carbocycles. The zero-order valence-electron chi connectivity index (χ0n) is 15.8. The average molecular weight is 412 g/mol. The summed E-state index contributed by atoms with van der Waals surface area (Å²) in [5, 5.41) is 13.8. The Labute approximate surface area is 168 Å². The summed E-state index contributed by atoms with van der Waals surface area (Å²) in [6.07, 6.45) is 2.60. The highest BCUT2D eigenvalue weighted by molar-refractivity contribution is 7.89. The van der Waals surface area contributed by atoms with Crippen LogP contribution in [0.15, 0.2) is 59.8 Å². The van der Waals surface area contributed by atoms with Gasteiger partial charge >= 0.3 is 0 Å². The molecule has 4 rings (SSSR count). The summed E-state index contributed by atoms with van der Waals surface area (Å²) >= 11 is 0. The first-order valence-electron chi connectivity index (χ1n) is 9.18. The van der Waals surface area contributed by atoms with Crippen molar-refractivity contribution in [1.29, 1.82) is 0 Å². The maximum absolute atomic E-state index is 13.0. The predicted octanol–water partition coefficient (Wildman–Crippen LogP) is 1.76. The molecule has 1 aromatic heterocycles. The first-order valence-corrected chi connectivity index (χ1v) is 10.6. The van der Waals surface area contributed by atoms with Crippen molar-refractivity contribution >= 4 is 21.6 Å². The highest BCUT2D eigenvalue weighted by Crippen LogP contribution is 2.27. The van der Waals surface area contributed by atoms with Crippen LogP contribution in [0.1, 0.15) is 18.4 Å². The van der Waals surface area contributed by atoms with Gasteiger partial charge in [0.05, 0.1) is 10.6 Å². The molecule has 1 amide bonds. The summed E-state index contributed by atoms with van der Waals surface area (Å²) in [5.74, 6) is -0.339. The monoisotopic (exact) mass is 412 g/mol. The predicted molar refractivity (Wildman–Crippen MR) is 106 cm³/mol. The molecule has 1 fully saturated rings. The highest BCUT2D eigenvalue weighted by atomic mass is 32.2. The molecule has 1 aliphatic heterocycles. The number of hydrogen-bond acceptors (Lipinski definition) is 6. The summed E-state index contributed by atoms with van der Waals surface area (Å²) in [6, 6.07) is 12.9. The van der Waals surface area contributed by atoms with Crippen LogP contribution in [-0.4, -0.2) is 51.4 Å². The number of amides is 1. The second-order valence-electron chi connectivity index (χ2n) is 6.88. The minimum absolute atomic E-state index is 0.202. The van der Waals surface area contributed by atoms with E-state index >= 15 is 0 Å². The van der Waals surface area contributed by atoms with Crippen molar-refractivity contribution in [2.24, 2.45) is 0 Å². The average Bonchev–Trinajstić information content (AvgIpc) is 3.41. The second-order valence-corrected chi connectivity index (χ2v) is 8.77. The molecule has 1 N–H and O–H groups in total. The second kappa shape index (κ2) is 7.72. The summed E-state index contributed by atoms with van der Waals surface area (Å²) in [5.41, 5.74) is 2.30. The van der Waals surface area contributed by atoms with Gasteiger partial charge in [-0.2, -0.15) is 4.31 Å². The largest absolute Gasteiger partial charge is 0.325 e. The van der Waals surface area contributed by atoms with Crippen LogP contribution >= 0.6 is 0 Å². The van der Waals surface area contributed by atoms with Crippen LogP contribution in [0.3, 0.4) is 0 Å². The van der Waals surface area contributed by atoms with Crippen molar-refractivity contribution in [3.8, 4) is 5.69 Å². The molecule has 2 heterocycles. The molecule has 1 aliphatic rings. The lowest BCUT2D eigenvalue weighted by Crippen LogP contribution is -2.43. The first kappa shape index (κ1) is 19.2. The Morgan fingerprint density at radius 2 is 1.83 bits per heavy atom. The van der Waals surface area contributed by atoms with Gasteiger partial charge in [0.15, 0.2) is 0 Å². The number of sulfonamides is 1. The summed E-state index contributed by atoms with van der Waals surface area (Å²) in [4.78, 5) is 13.0. The Morgan fingerprint density at radius 1 is 1.10 bits per heavy atom. The number of tetrazole rings is 1. The van der Waals surface area contributed by atoms with E-state index < -0.39 is 16.1 Å². The third kappa shape index (κ3) is 3.89. The molecule has 0 unspecified atom stereocenters. The van der Waals surface area contributed by atoms with Gasteiger partial charge in [-0.1, -0.05) is 17.7 Å². The summed E-state index contributed by atoms with van der Waals surface area (Å²) in [7, 11) is -3.73. The van der Waals surface area contributed by atoms with Gasteiger partial charge in [0, 0.05) is 12.2 Å². The molecule has 2 aromatic carbocycles. The minimum atomic E-state index is -3.73. The Kier molecular flexibility index (Phi) is 5.12. The van der Waals surface area contributed by atoms with E-state index in [1.165, 1.54) is 15.3 Å². The van der Waals surface area contributed by atoms with E-state index in [1.54, 1.807) is 48.5 Å². The zero-order valence-corrected chi connectivity index (χ0v) is 16.6. The molecule has 29 heavy (non-hydrogen) atoms. The van der Waals surface area contributed by atoms with Crippen LogP contribution in [0.25, 0.3) is 5.69 Å². The number of benzene rings is 2. The van der Waals surface area contributed by atoms with Crippen molar-refractivity contribution in [2.75, 3.05) is 11.9 Å². The first-order chi connectivity index (χ1) is 13.9. The third-order valence-corrected chi connectivity index (χ3v) is 6.80. The molecule has 3 aromatic rings. The smallest absolute Gasteiger partial charge is 0.243 e. The third-order valence-electron chi connectivity index (χ3n) is 4.88. The number of carbonyl (C=O) groups excluding carboxylic acids is 1. The molecular formula is C19H20N6O3S. The van der Waals surface area contributed by atoms with E-state index in [1.807, 2.05) is 6.92 Å². The van der Waals surface area contributed by atoms with Crippen LogP contribution < -0.4 is 5.32 Å². The lowest BCUT2D eigenvalue weighted by Gasteiger charge is -2.23. The molecule has 10 heteroatoms. The van der Waals surface area contributed by atoms with Crippen molar-refractivity contribution in [3.63, 3.8) is 0 Å². The minimum Gasteiger partial charge on any atom is -0.325 e. The number of rotatable bonds is 5. The van der Waals surface area contributed by atoms with E-state index in [0.29, 0.717) is 25.1 Å². The Hall–Kier alpha value is -3.11. The van der Waals surface area contributed by atoms with Gasteiger partial charge in [0.2, 0.25) is 15.9 Å². The van der Waals surface area contributed by atoms with Crippen LogP contribution in [0.4, 0.5) is 5.69 Å². The van der Waals surface area contributed by atoms with E-state index in [9.17, 15) is 13.2 Å². The molecule has 1 atom stereocenters. The summed E-state index contributed by atoms with van der Waals surface area (Å²) in [6.45, 7) is 2.22. The topological polar surface area (TPSA) is 110 Å². The van der Waals surface area contributed by atoms with Gasteiger partial charge in [0.1, 0.15) is 12.4 Å². The van der Waals surface area contributed by atoms with Gasteiger partial charge in [-0.3, -0.25) is 4.79 Å². The number of carbonyl (C=O) groups is 1. The van der Waals surface area contributed by atoms with Gasteiger partial charge in [-0.05, 0) is 66.6 Å². The zero-order chi connectivity index (χ0) is 20.4. The lowest BCUT2D eigenvalue weighted by molar-refractivity contribution is -0.119. The Bertz CT molecular complexity index is 1100. The molecule has 9 nitrogen and oxygen atoms in total. The molecule has 1 saturated heterocycles. The van der Waals surface area contributed by atoms with Crippen LogP contribution in [0.2, 0.25) is 0 Å². The molecular weight excluding hydrogens is 392 g/mol. The van der Waals surface area contributed by atoms with Gasteiger partial charge < -0.3 is 5.32 Å². The van der Waals surface area contributed by atoms with Crippen molar-refractivity contribution in [3.05, 3.63) is 60.4 Å². The fraction of sp³-hybridized carbons (Fsp3) is 0.263. The quantitative estimate of drug-likeness (QED) is 0.684. The van der Waals surface area contributed by atoms with Crippen LogP contribution in [0.5, 0.6) is 0 Å². The molecule has 150 valence electrons. The summed E-state index contributed by atoms with van der Waals surface area (Å²) < 4.78 is 28.8. The number of hydrogen-bond donors (Lipinski definition) is 1. The van der Waals surface area contributed by atoms with Gasteiger partial charge in [-0.25, -0.2) is 13.1 Å². The number of nitrogens with one attached hydrogen (secondary N) is 1. The molecule has 0 aliphatic carbocycles. The number of aryl methyl sites for hydroxylation is 1. The fourth-order valence-electron chi connectivity index (χ4n) is 3.34.